The van der Waals surface area contributed by atoms with Gasteiger partial charge in [-0.05, 0) is 63.1 Å². The van der Waals surface area contributed by atoms with Crippen LogP contribution in [0.4, 0.5) is 11.5 Å². The van der Waals surface area contributed by atoms with Crippen LogP contribution in [0.5, 0.6) is 5.75 Å². The van der Waals surface area contributed by atoms with Gasteiger partial charge >= 0.3 is 0 Å². The lowest BCUT2D eigenvalue weighted by Gasteiger charge is -2.32. The van der Waals surface area contributed by atoms with Gasteiger partial charge in [0.15, 0.2) is 0 Å². The predicted octanol–water partition coefficient (Wildman–Crippen LogP) is 4.44. The summed E-state index contributed by atoms with van der Waals surface area (Å²) in [6.45, 7) is 3.85. The van der Waals surface area contributed by atoms with Crippen LogP contribution in [0.3, 0.4) is 0 Å². The van der Waals surface area contributed by atoms with Gasteiger partial charge in [0.25, 0.3) is 10.0 Å². The number of benzene rings is 1. The number of hydrogen-bond acceptors (Lipinski definition) is 5. The van der Waals surface area contributed by atoms with E-state index in [4.69, 9.17) is 4.74 Å². The van der Waals surface area contributed by atoms with Gasteiger partial charge in [0.05, 0.1) is 22.9 Å². The van der Waals surface area contributed by atoms with Crippen molar-refractivity contribution in [3.63, 3.8) is 0 Å². The van der Waals surface area contributed by atoms with Gasteiger partial charge in [-0.1, -0.05) is 19.3 Å². The molecule has 28 heavy (non-hydrogen) atoms. The van der Waals surface area contributed by atoms with Crippen molar-refractivity contribution in [3.05, 3.63) is 42.6 Å². The van der Waals surface area contributed by atoms with Crippen molar-refractivity contribution in [2.45, 2.75) is 63.0 Å². The SMILES string of the molecule is CC(C)Oc1ccc(S(=O)(=O)Nc2ccc(N(C)C3CCCCC3)nc2)cc1. The Bertz CT molecular complexity index is 859. The van der Waals surface area contributed by atoms with E-state index >= 15 is 0 Å². The fourth-order valence-electron chi connectivity index (χ4n) is 3.49. The molecule has 0 amide bonds. The summed E-state index contributed by atoms with van der Waals surface area (Å²) in [7, 11) is -1.61. The third-order valence-electron chi connectivity index (χ3n) is 4.99. The highest BCUT2D eigenvalue weighted by atomic mass is 32.2. The zero-order chi connectivity index (χ0) is 20.1. The summed E-state index contributed by atoms with van der Waals surface area (Å²) in [6.07, 6.45) is 7.80. The molecule has 0 saturated heterocycles. The Labute approximate surface area is 168 Å². The van der Waals surface area contributed by atoms with Crippen LogP contribution < -0.4 is 14.4 Å². The Morgan fingerprint density at radius 3 is 2.32 bits per heavy atom. The molecule has 0 unspecified atom stereocenters. The molecular formula is C21H29N3O3S. The van der Waals surface area contributed by atoms with E-state index < -0.39 is 10.0 Å². The molecule has 152 valence electrons. The fraction of sp³-hybridized carbons (Fsp3) is 0.476. The molecule has 1 aromatic carbocycles. The number of rotatable bonds is 7. The lowest BCUT2D eigenvalue weighted by molar-refractivity contribution is 0.242. The Balaban J connectivity index is 1.67. The second-order valence-corrected chi connectivity index (χ2v) is 9.23. The van der Waals surface area contributed by atoms with E-state index in [-0.39, 0.29) is 11.0 Å². The summed E-state index contributed by atoms with van der Waals surface area (Å²) in [5, 5.41) is 0. The van der Waals surface area contributed by atoms with Crippen LogP contribution >= 0.6 is 0 Å². The Hall–Kier alpha value is -2.28. The highest BCUT2D eigenvalue weighted by Crippen LogP contribution is 2.26. The standard InChI is InChI=1S/C21H29N3O3S/c1-16(2)27-19-10-12-20(13-11-19)28(25,26)23-17-9-14-21(22-15-17)24(3)18-7-5-4-6-8-18/h9-16,18,23H,4-8H2,1-3H3. The van der Waals surface area contributed by atoms with Gasteiger partial charge in [0, 0.05) is 13.1 Å². The minimum atomic E-state index is -3.67. The number of pyridine rings is 1. The molecule has 0 aliphatic heterocycles. The van der Waals surface area contributed by atoms with Crippen molar-refractivity contribution in [2.75, 3.05) is 16.7 Å². The zero-order valence-corrected chi connectivity index (χ0v) is 17.6. The topological polar surface area (TPSA) is 71.5 Å². The van der Waals surface area contributed by atoms with E-state index in [0.717, 1.165) is 5.82 Å². The van der Waals surface area contributed by atoms with E-state index in [0.29, 0.717) is 17.5 Å². The smallest absolute Gasteiger partial charge is 0.261 e. The van der Waals surface area contributed by atoms with E-state index in [1.807, 2.05) is 19.9 Å². The maximum atomic E-state index is 12.6. The van der Waals surface area contributed by atoms with Gasteiger partial charge in [0.1, 0.15) is 11.6 Å². The second kappa shape index (κ2) is 8.82. The predicted molar refractivity (Wildman–Crippen MR) is 113 cm³/mol. The van der Waals surface area contributed by atoms with Crippen molar-refractivity contribution >= 4 is 21.5 Å². The number of nitrogens with zero attached hydrogens (tertiary/aromatic N) is 2. The van der Waals surface area contributed by atoms with Crippen molar-refractivity contribution < 1.29 is 13.2 Å². The minimum absolute atomic E-state index is 0.0388. The lowest BCUT2D eigenvalue weighted by atomic mass is 9.94. The number of hydrogen-bond donors (Lipinski definition) is 1. The molecule has 0 radical (unpaired) electrons. The summed E-state index contributed by atoms with van der Waals surface area (Å²) >= 11 is 0. The summed E-state index contributed by atoms with van der Waals surface area (Å²) in [6, 6.07) is 10.5. The zero-order valence-electron chi connectivity index (χ0n) is 16.8. The van der Waals surface area contributed by atoms with Gasteiger partial charge in [-0.25, -0.2) is 13.4 Å². The molecule has 1 fully saturated rings. The molecule has 7 heteroatoms. The normalized spacial score (nSPS) is 15.4. The maximum absolute atomic E-state index is 12.6. The molecule has 0 bridgehead atoms. The van der Waals surface area contributed by atoms with Gasteiger partial charge in [-0.3, -0.25) is 4.72 Å². The summed E-state index contributed by atoms with van der Waals surface area (Å²) < 4.78 is 33.4. The van der Waals surface area contributed by atoms with Crippen molar-refractivity contribution in [1.82, 2.24) is 4.98 Å². The Kier molecular flexibility index (Phi) is 6.44. The molecule has 0 spiro atoms. The number of nitrogens with one attached hydrogen (secondary N) is 1. The third kappa shape index (κ3) is 5.16. The molecule has 6 nitrogen and oxygen atoms in total. The first-order chi connectivity index (χ1) is 13.3. The first-order valence-corrected chi connectivity index (χ1v) is 11.3. The van der Waals surface area contributed by atoms with Gasteiger partial charge in [-0.2, -0.15) is 0 Å². The van der Waals surface area contributed by atoms with Crippen LogP contribution in [-0.4, -0.2) is 32.6 Å². The molecule has 1 heterocycles. The molecule has 1 N–H and O–H groups in total. The molecule has 1 aliphatic carbocycles. The second-order valence-electron chi connectivity index (χ2n) is 7.55. The quantitative estimate of drug-likeness (QED) is 0.740. The van der Waals surface area contributed by atoms with E-state index in [9.17, 15) is 8.42 Å². The van der Waals surface area contributed by atoms with Crippen molar-refractivity contribution in [3.8, 4) is 5.75 Å². The monoisotopic (exact) mass is 403 g/mol. The largest absolute Gasteiger partial charge is 0.491 e. The van der Waals surface area contributed by atoms with Crippen LogP contribution in [0.2, 0.25) is 0 Å². The molecule has 1 saturated carbocycles. The van der Waals surface area contributed by atoms with Crippen molar-refractivity contribution in [1.29, 1.82) is 0 Å². The molecule has 1 aliphatic rings. The Morgan fingerprint density at radius 1 is 1.07 bits per heavy atom. The van der Waals surface area contributed by atoms with E-state index in [1.54, 1.807) is 36.5 Å². The number of ether oxygens (including phenoxy) is 1. The lowest BCUT2D eigenvalue weighted by Crippen LogP contribution is -2.33. The summed E-state index contributed by atoms with van der Waals surface area (Å²) in [4.78, 5) is 6.84. The van der Waals surface area contributed by atoms with Crippen LogP contribution in [0, 0.1) is 0 Å². The number of aromatic nitrogens is 1. The fourth-order valence-corrected chi connectivity index (χ4v) is 4.54. The van der Waals surface area contributed by atoms with Crippen LogP contribution in [-0.2, 0) is 10.0 Å². The van der Waals surface area contributed by atoms with Crippen LogP contribution in [0.1, 0.15) is 46.0 Å². The van der Waals surface area contributed by atoms with Gasteiger partial charge in [-0.15, -0.1) is 0 Å². The van der Waals surface area contributed by atoms with Crippen LogP contribution in [0.15, 0.2) is 47.5 Å². The molecule has 0 atom stereocenters. The molecule has 3 rings (SSSR count). The highest BCUT2D eigenvalue weighted by molar-refractivity contribution is 7.92. The summed E-state index contributed by atoms with van der Waals surface area (Å²) in [5.74, 6) is 1.51. The third-order valence-corrected chi connectivity index (χ3v) is 6.39. The minimum Gasteiger partial charge on any atom is -0.491 e. The first-order valence-electron chi connectivity index (χ1n) is 9.83. The number of sulfonamides is 1. The molecule has 2 aromatic rings. The highest BCUT2D eigenvalue weighted by Gasteiger charge is 2.19. The Morgan fingerprint density at radius 2 is 1.75 bits per heavy atom. The average Bonchev–Trinajstić information content (AvgIpc) is 2.68. The average molecular weight is 404 g/mol. The number of anilines is 2. The first kappa shape index (κ1) is 20.5. The van der Waals surface area contributed by atoms with E-state index in [2.05, 4.69) is 21.7 Å². The van der Waals surface area contributed by atoms with Gasteiger partial charge < -0.3 is 9.64 Å². The molecule has 1 aromatic heterocycles. The van der Waals surface area contributed by atoms with Gasteiger partial charge in [0.2, 0.25) is 0 Å². The van der Waals surface area contributed by atoms with Crippen LogP contribution in [0.25, 0.3) is 0 Å². The summed E-state index contributed by atoms with van der Waals surface area (Å²) in [5.41, 5.74) is 0.448. The van der Waals surface area contributed by atoms with E-state index in [1.165, 1.54) is 32.1 Å². The van der Waals surface area contributed by atoms with Crippen molar-refractivity contribution in [2.24, 2.45) is 0 Å². The molecular weight excluding hydrogens is 374 g/mol. The maximum Gasteiger partial charge on any atom is 0.261 e.